The molecule has 1 fully saturated rings. The maximum absolute atomic E-state index is 12.0. The second kappa shape index (κ2) is 9.07. The first kappa shape index (κ1) is 19.5. The number of nitrogens with one attached hydrogen (secondary N) is 3. The molecule has 0 saturated heterocycles. The first-order valence-corrected chi connectivity index (χ1v) is 8.95. The molecule has 1 aliphatic carbocycles. The topological polar surface area (TPSA) is 132 Å². The Labute approximate surface area is 160 Å². The zero-order valence-corrected chi connectivity index (χ0v) is 15.1. The molecule has 0 atom stereocenters. The highest BCUT2D eigenvalue weighted by molar-refractivity contribution is 5.97. The van der Waals surface area contributed by atoms with Crippen LogP contribution < -0.4 is 25.4 Å². The lowest BCUT2D eigenvalue weighted by Crippen LogP contribution is -2.45. The van der Waals surface area contributed by atoms with Crippen molar-refractivity contribution in [2.75, 3.05) is 19.9 Å². The van der Waals surface area contributed by atoms with Crippen molar-refractivity contribution < 1.29 is 33.4 Å². The van der Waals surface area contributed by atoms with E-state index in [1.807, 2.05) is 0 Å². The maximum Gasteiger partial charge on any atom is 0.325 e. The molecule has 1 aromatic carbocycles. The Morgan fingerprint density at radius 1 is 1.07 bits per heavy atom. The Bertz CT molecular complexity index is 774. The molecule has 28 heavy (non-hydrogen) atoms. The molecule has 0 radical (unpaired) electrons. The van der Waals surface area contributed by atoms with Crippen molar-refractivity contribution >= 4 is 23.8 Å². The Morgan fingerprint density at radius 3 is 2.61 bits per heavy atom. The number of carbonyl (C=O) groups excluding carboxylic acids is 4. The van der Waals surface area contributed by atoms with Gasteiger partial charge in [-0.3, -0.25) is 19.7 Å². The van der Waals surface area contributed by atoms with Crippen molar-refractivity contribution in [2.45, 2.75) is 31.7 Å². The van der Waals surface area contributed by atoms with Crippen LogP contribution in [0.15, 0.2) is 18.2 Å². The number of benzene rings is 1. The third-order valence-electron chi connectivity index (χ3n) is 4.34. The molecule has 3 rings (SSSR count). The van der Waals surface area contributed by atoms with E-state index in [1.165, 1.54) is 12.1 Å². The van der Waals surface area contributed by atoms with Gasteiger partial charge in [0.05, 0.1) is 0 Å². The van der Waals surface area contributed by atoms with Gasteiger partial charge in [-0.15, -0.1) is 0 Å². The Hall–Kier alpha value is -3.30. The molecule has 1 aromatic rings. The van der Waals surface area contributed by atoms with Crippen LogP contribution in [0.25, 0.3) is 0 Å². The zero-order valence-electron chi connectivity index (χ0n) is 15.1. The van der Waals surface area contributed by atoms with Gasteiger partial charge in [0, 0.05) is 11.6 Å². The molecule has 1 saturated carbocycles. The molecule has 10 nitrogen and oxygen atoms in total. The molecular formula is C18H21N3O7. The van der Waals surface area contributed by atoms with Gasteiger partial charge in [-0.1, -0.05) is 12.8 Å². The van der Waals surface area contributed by atoms with Gasteiger partial charge in [-0.25, -0.2) is 4.79 Å². The minimum atomic E-state index is -0.805. The lowest BCUT2D eigenvalue weighted by atomic mass is 10.2. The van der Waals surface area contributed by atoms with Crippen LogP contribution in [0.1, 0.15) is 36.0 Å². The van der Waals surface area contributed by atoms with E-state index in [9.17, 15) is 19.2 Å². The van der Waals surface area contributed by atoms with E-state index in [-0.39, 0.29) is 12.8 Å². The quantitative estimate of drug-likeness (QED) is 0.600. The molecule has 0 aromatic heterocycles. The summed E-state index contributed by atoms with van der Waals surface area (Å²) in [5.74, 6) is -1.07. The number of ether oxygens (including phenoxy) is 3. The third-order valence-corrected chi connectivity index (χ3v) is 4.34. The predicted molar refractivity (Wildman–Crippen MR) is 94.8 cm³/mol. The molecule has 1 heterocycles. The van der Waals surface area contributed by atoms with Crippen LogP contribution in [-0.2, 0) is 14.3 Å². The van der Waals surface area contributed by atoms with Gasteiger partial charge in [0.25, 0.3) is 11.8 Å². The first-order valence-electron chi connectivity index (χ1n) is 8.95. The van der Waals surface area contributed by atoms with Crippen LogP contribution in [0.4, 0.5) is 4.79 Å². The number of carbonyl (C=O) groups is 4. The number of hydrogen-bond acceptors (Lipinski definition) is 7. The summed E-state index contributed by atoms with van der Waals surface area (Å²) in [5.41, 5.74) is 0.290. The molecule has 2 aliphatic rings. The number of fused-ring (bicyclic) bond motifs is 1. The van der Waals surface area contributed by atoms with Gasteiger partial charge in [0.1, 0.15) is 6.54 Å². The highest BCUT2D eigenvalue weighted by atomic mass is 16.7. The Kier molecular flexibility index (Phi) is 6.30. The lowest BCUT2D eigenvalue weighted by molar-refractivity contribution is -0.147. The van der Waals surface area contributed by atoms with Gasteiger partial charge in [-0.05, 0) is 31.0 Å². The summed E-state index contributed by atoms with van der Waals surface area (Å²) in [6.07, 6.45) is 3.88. The lowest BCUT2D eigenvalue weighted by Gasteiger charge is -2.12. The van der Waals surface area contributed by atoms with Crippen molar-refractivity contribution in [3.05, 3.63) is 23.8 Å². The van der Waals surface area contributed by atoms with Gasteiger partial charge in [-0.2, -0.15) is 0 Å². The predicted octanol–water partition coefficient (Wildman–Crippen LogP) is 0.457. The second-order valence-corrected chi connectivity index (χ2v) is 6.41. The number of urea groups is 1. The normalized spacial score (nSPS) is 15.0. The minimum Gasteiger partial charge on any atom is -0.454 e. The van der Waals surface area contributed by atoms with Crippen molar-refractivity contribution in [2.24, 2.45) is 0 Å². The van der Waals surface area contributed by atoms with Crippen LogP contribution in [0.2, 0.25) is 0 Å². The number of imide groups is 1. The standard InChI is InChI=1S/C18H21N3O7/c22-15(21-18(25)20-12-3-1-2-4-12)9-26-16(23)8-19-17(24)11-5-6-13-14(7-11)28-10-27-13/h5-7,12H,1-4,8-10H2,(H,19,24)(H2,20,21,22,25). The maximum atomic E-state index is 12.0. The second-order valence-electron chi connectivity index (χ2n) is 6.41. The van der Waals surface area contributed by atoms with E-state index in [0.29, 0.717) is 17.1 Å². The van der Waals surface area contributed by atoms with E-state index < -0.39 is 37.0 Å². The van der Waals surface area contributed by atoms with Gasteiger partial charge in [0.2, 0.25) is 6.79 Å². The van der Waals surface area contributed by atoms with E-state index in [0.717, 1.165) is 25.7 Å². The largest absolute Gasteiger partial charge is 0.454 e. The average molecular weight is 391 g/mol. The molecule has 0 spiro atoms. The molecule has 10 heteroatoms. The van der Waals surface area contributed by atoms with Crippen molar-refractivity contribution in [3.63, 3.8) is 0 Å². The van der Waals surface area contributed by atoms with E-state index in [1.54, 1.807) is 6.07 Å². The minimum absolute atomic E-state index is 0.0711. The summed E-state index contributed by atoms with van der Waals surface area (Å²) in [6.45, 7) is -0.945. The van der Waals surface area contributed by atoms with Crippen LogP contribution in [-0.4, -0.2) is 49.8 Å². The molecule has 0 bridgehead atoms. The van der Waals surface area contributed by atoms with Gasteiger partial charge in [0.15, 0.2) is 18.1 Å². The fourth-order valence-electron chi connectivity index (χ4n) is 2.94. The van der Waals surface area contributed by atoms with Crippen molar-refractivity contribution in [3.8, 4) is 11.5 Å². The Morgan fingerprint density at radius 2 is 1.82 bits per heavy atom. The van der Waals surface area contributed by atoms with Gasteiger partial charge < -0.3 is 24.8 Å². The summed E-state index contributed by atoms with van der Waals surface area (Å²) >= 11 is 0. The highest BCUT2D eigenvalue weighted by Gasteiger charge is 2.19. The summed E-state index contributed by atoms with van der Waals surface area (Å²) in [7, 11) is 0. The number of esters is 1. The Balaban J connectivity index is 1.34. The van der Waals surface area contributed by atoms with Crippen molar-refractivity contribution in [1.29, 1.82) is 0 Å². The average Bonchev–Trinajstić information content (AvgIpc) is 3.35. The smallest absolute Gasteiger partial charge is 0.325 e. The number of rotatable bonds is 6. The summed E-state index contributed by atoms with van der Waals surface area (Å²) in [4.78, 5) is 47.0. The molecule has 3 N–H and O–H groups in total. The third kappa shape index (κ3) is 5.35. The SMILES string of the molecule is O=C(COC(=O)CNC(=O)c1ccc2c(c1)OCO2)NC(=O)NC1CCCC1. The molecule has 4 amide bonds. The van der Waals surface area contributed by atoms with E-state index in [2.05, 4.69) is 16.0 Å². The van der Waals surface area contributed by atoms with E-state index in [4.69, 9.17) is 14.2 Å². The van der Waals surface area contributed by atoms with Crippen LogP contribution in [0.5, 0.6) is 11.5 Å². The number of hydrogen-bond donors (Lipinski definition) is 3. The molecular weight excluding hydrogens is 370 g/mol. The van der Waals surface area contributed by atoms with Gasteiger partial charge >= 0.3 is 12.0 Å². The highest BCUT2D eigenvalue weighted by Crippen LogP contribution is 2.32. The fourth-order valence-corrected chi connectivity index (χ4v) is 2.94. The van der Waals surface area contributed by atoms with Crippen LogP contribution in [0.3, 0.4) is 0 Å². The van der Waals surface area contributed by atoms with Crippen LogP contribution in [0, 0.1) is 0 Å². The summed E-state index contributed by atoms with van der Waals surface area (Å²) < 4.78 is 15.1. The zero-order chi connectivity index (χ0) is 19.9. The van der Waals surface area contributed by atoms with Crippen LogP contribution >= 0.6 is 0 Å². The fraction of sp³-hybridized carbons (Fsp3) is 0.444. The first-order chi connectivity index (χ1) is 13.5. The molecule has 150 valence electrons. The molecule has 0 unspecified atom stereocenters. The summed E-state index contributed by atoms with van der Waals surface area (Å²) in [6, 6.07) is 4.09. The van der Waals surface area contributed by atoms with Crippen molar-refractivity contribution in [1.82, 2.24) is 16.0 Å². The number of amides is 4. The summed E-state index contributed by atoms with van der Waals surface area (Å²) in [5, 5.41) is 7.17. The monoisotopic (exact) mass is 391 g/mol. The van der Waals surface area contributed by atoms with E-state index >= 15 is 0 Å². The molecule has 1 aliphatic heterocycles.